The first-order chi connectivity index (χ1) is 8.18. The molecule has 0 radical (unpaired) electrons. The van der Waals surface area contributed by atoms with Gasteiger partial charge in [-0.3, -0.25) is 14.5 Å². The fraction of sp³-hybridized carbons (Fsp3) is 0.273. The lowest BCUT2D eigenvalue weighted by Gasteiger charge is -2.13. The fourth-order valence-corrected chi connectivity index (χ4v) is 2.16. The maximum Gasteiger partial charge on any atom is 0.288 e. The smallest absolute Gasteiger partial charge is 0.288 e. The van der Waals surface area contributed by atoms with E-state index in [1.807, 2.05) is 0 Å². The molecule has 0 aromatic heterocycles. The Morgan fingerprint density at radius 3 is 2.76 bits per heavy atom. The van der Waals surface area contributed by atoms with Crippen LogP contribution < -0.4 is 4.74 Å². The monoisotopic (exact) mass is 255 g/mol. The first-order valence-electron chi connectivity index (χ1n) is 5.03. The molecule has 1 saturated heterocycles. The van der Waals surface area contributed by atoms with E-state index in [4.69, 9.17) is 4.74 Å². The van der Waals surface area contributed by atoms with Crippen molar-refractivity contribution >= 4 is 22.9 Å². The molecule has 1 aromatic carbocycles. The first kappa shape index (κ1) is 11.9. The molecular weight excluding hydrogens is 245 g/mol. The van der Waals surface area contributed by atoms with E-state index in [-0.39, 0.29) is 35.8 Å². The largest absolute Gasteiger partial charge is 0.489 e. The quantitative estimate of drug-likeness (QED) is 0.824. The molecule has 2 rings (SSSR count). The number of hydrogen-bond acceptors (Lipinski definition) is 4. The van der Waals surface area contributed by atoms with Crippen molar-refractivity contribution in [1.29, 1.82) is 0 Å². The first-order valence-corrected chi connectivity index (χ1v) is 6.01. The zero-order valence-electron chi connectivity index (χ0n) is 8.89. The number of hydrogen-bond donors (Lipinski definition) is 0. The van der Waals surface area contributed by atoms with E-state index in [9.17, 15) is 14.0 Å². The van der Waals surface area contributed by atoms with Gasteiger partial charge in [0.1, 0.15) is 6.61 Å². The summed E-state index contributed by atoms with van der Waals surface area (Å²) in [5.74, 6) is -0.379. The second-order valence-electron chi connectivity index (χ2n) is 3.38. The van der Waals surface area contributed by atoms with Crippen molar-refractivity contribution in [3.05, 3.63) is 30.1 Å². The number of imide groups is 1. The molecule has 0 atom stereocenters. The number of benzene rings is 1. The Bertz CT molecular complexity index is 436. The van der Waals surface area contributed by atoms with Crippen LogP contribution in [0.3, 0.4) is 0 Å². The number of halogens is 1. The van der Waals surface area contributed by atoms with Gasteiger partial charge >= 0.3 is 0 Å². The second-order valence-corrected chi connectivity index (χ2v) is 4.31. The molecular formula is C11H10FNO3S. The van der Waals surface area contributed by atoms with Gasteiger partial charge in [-0.25, -0.2) is 4.39 Å². The Morgan fingerprint density at radius 2 is 2.12 bits per heavy atom. The van der Waals surface area contributed by atoms with Crippen molar-refractivity contribution in [3.63, 3.8) is 0 Å². The number of amides is 2. The van der Waals surface area contributed by atoms with Crippen molar-refractivity contribution in [3.8, 4) is 5.75 Å². The minimum atomic E-state index is -0.457. The highest BCUT2D eigenvalue weighted by Crippen LogP contribution is 2.19. The Kier molecular flexibility index (Phi) is 3.63. The Balaban J connectivity index is 1.86. The SMILES string of the molecule is O=C1CSC(=O)N1CCOc1ccccc1F. The summed E-state index contributed by atoms with van der Waals surface area (Å²) in [6.07, 6.45) is 0. The lowest BCUT2D eigenvalue weighted by Crippen LogP contribution is -2.32. The third kappa shape index (κ3) is 2.76. The number of carbonyl (C=O) groups excluding carboxylic acids is 2. The standard InChI is InChI=1S/C11H10FNO3S/c12-8-3-1-2-4-9(8)16-6-5-13-10(14)7-17-11(13)15/h1-4H,5-7H2. The van der Waals surface area contributed by atoms with E-state index in [0.717, 1.165) is 16.7 Å². The number of para-hydroxylation sites is 1. The highest BCUT2D eigenvalue weighted by Gasteiger charge is 2.29. The average molecular weight is 255 g/mol. The molecule has 6 heteroatoms. The van der Waals surface area contributed by atoms with Crippen LogP contribution in [0.15, 0.2) is 24.3 Å². The predicted molar refractivity (Wildman–Crippen MR) is 61.5 cm³/mol. The molecule has 1 aromatic rings. The number of thioether (sulfide) groups is 1. The van der Waals surface area contributed by atoms with Gasteiger partial charge in [0.25, 0.3) is 5.24 Å². The number of nitrogens with zero attached hydrogens (tertiary/aromatic N) is 1. The Morgan fingerprint density at radius 1 is 1.35 bits per heavy atom. The van der Waals surface area contributed by atoms with Gasteiger partial charge in [-0.05, 0) is 12.1 Å². The van der Waals surface area contributed by atoms with Gasteiger partial charge in [-0.1, -0.05) is 23.9 Å². The number of rotatable bonds is 4. The topological polar surface area (TPSA) is 46.6 Å². The molecule has 0 saturated carbocycles. The lowest BCUT2D eigenvalue weighted by molar-refractivity contribution is -0.124. The summed E-state index contributed by atoms with van der Waals surface area (Å²) >= 11 is 0.971. The van der Waals surface area contributed by atoms with E-state index < -0.39 is 5.82 Å². The summed E-state index contributed by atoms with van der Waals surface area (Å²) in [6, 6.07) is 6.00. The molecule has 2 amide bonds. The molecule has 1 fully saturated rings. The summed E-state index contributed by atoms with van der Waals surface area (Å²) in [5, 5.41) is -0.271. The molecule has 90 valence electrons. The maximum atomic E-state index is 13.2. The fourth-order valence-electron chi connectivity index (χ4n) is 1.41. The van der Waals surface area contributed by atoms with Crippen molar-refractivity contribution in [1.82, 2.24) is 4.90 Å². The van der Waals surface area contributed by atoms with E-state index in [0.29, 0.717) is 0 Å². The van der Waals surface area contributed by atoms with E-state index in [2.05, 4.69) is 0 Å². The molecule has 0 bridgehead atoms. The summed E-state index contributed by atoms with van der Waals surface area (Å²) in [5.41, 5.74) is 0. The molecule has 4 nitrogen and oxygen atoms in total. The number of ether oxygens (including phenoxy) is 1. The zero-order valence-corrected chi connectivity index (χ0v) is 9.71. The second kappa shape index (κ2) is 5.18. The molecule has 0 N–H and O–H groups in total. The van der Waals surface area contributed by atoms with Crippen molar-refractivity contribution in [2.45, 2.75) is 0 Å². The van der Waals surface area contributed by atoms with Gasteiger partial charge in [-0.2, -0.15) is 0 Å². The summed E-state index contributed by atoms with van der Waals surface area (Å²) in [4.78, 5) is 23.6. The molecule has 1 aliphatic heterocycles. The molecule has 0 spiro atoms. The summed E-state index contributed by atoms with van der Waals surface area (Å²) in [6.45, 7) is 0.248. The van der Waals surface area contributed by atoms with E-state index in [1.165, 1.54) is 12.1 Å². The average Bonchev–Trinajstić information content (AvgIpc) is 2.63. The van der Waals surface area contributed by atoms with Crippen LogP contribution >= 0.6 is 11.8 Å². The van der Waals surface area contributed by atoms with Crippen molar-refractivity contribution < 1.29 is 18.7 Å². The maximum absolute atomic E-state index is 13.2. The van der Waals surface area contributed by atoms with Crippen molar-refractivity contribution in [2.24, 2.45) is 0 Å². The van der Waals surface area contributed by atoms with Gasteiger partial charge in [0.05, 0.1) is 12.3 Å². The van der Waals surface area contributed by atoms with Crippen LogP contribution in [-0.4, -0.2) is 35.0 Å². The number of carbonyl (C=O) groups is 2. The van der Waals surface area contributed by atoms with Gasteiger partial charge < -0.3 is 4.74 Å². The normalized spacial score (nSPS) is 15.5. The van der Waals surface area contributed by atoms with Crippen molar-refractivity contribution in [2.75, 3.05) is 18.9 Å². The molecule has 0 aliphatic carbocycles. The predicted octanol–water partition coefficient (Wildman–Crippen LogP) is 1.90. The van der Waals surface area contributed by atoms with Gasteiger partial charge in [-0.15, -0.1) is 0 Å². The van der Waals surface area contributed by atoms with E-state index in [1.54, 1.807) is 12.1 Å². The molecule has 0 unspecified atom stereocenters. The molecule has 17 heavy (non-hydrogen) atoms. The minimum absolute atomic E-state index is 0.0962. The van der Waals surface area contributed by atoms with Crippen LogP contribution in [-0.2, 0) is 4.79 Å². The highest BCUT2D eigenvalue weighted by atomic mass is 32.2. The van der Waals surface area contributed by atoms with Crippen LogP contribution in [0.4, 0.5) is 9.18 Å². The third-order valence-corrected chi connectivity index (χ3v) is 3.11. The van der Waals surface area contributed by atoms with E-state index >= 15 is 0 Å². The minimum Gasteiger partial charge on any atom is -0.489 e. The van der Waals surface area contributed by atoms with Crippen LogP contribution in [0.25, 0.3) is 0 Å². The Labute approximate surface area is 102 Å². The summed E-state index contributed by atoms with van der Waals surface area (Å²) in [7, 11) is 0. The molecule has 1 heterocycles. The van der Waals surface area contributed by atoms with Gasteiger partial charge in [0.15, 0.2) is 11.6 Å². The van der Waals surface area contributed by atoms with Crippen LogP contribution in [0.5, 0.6) is 5.75 Å². The third-order valence-electron chi connectivity index (χ3n) is 2.25. The summed E-state index contributed by atoms with van der Waals surface area (Å²) < 4.78 is 18.3. The van der Waals surface area contributed by atoms with Crippen LogP contribution in [0.1, 0.15) is 0 Å². The van der Waals surface area contributed by atoms with Gasteiger partial charge in [0.2, 0.25) is 5.91 Å². The van der Waals surface area contributed by atoms with Crippen LogP contribution in [0, 0.1) is 5.82 Å². The Hall–Kier alpha value is -1.56. The lowest BCUT2D eigenvalue weighted by atomic mass is 10.3. The van der Waals surface area contributed by atoms with Crippen LogP contribution in [0.2, 0.25) is 0 Å². The highest BCUT2D eigenvalue weighted by molar-refractivity contribution is 8.14. The van der Waals surface area contributed by atoms with Gasteiger partial charge in [0, 0.05) is 0 Å². The molecule has 1 aliphatic rings. The zero-order chi connectivity index (χ0) is 12.3.